The number of urea groups is 1. The molecule has 0 spiro atoms. The smallest absolute Gasteiger partial charge is 0.339 e. The van der Waals surface area contributed by atoms with Crippen LogP contribution in [0, 0.1) is 5.41 Å². The fraction of sp³-hybridized carbons (Fsp3) is 0.105. The van der Waals surface area contributed by atoms with Gasteiger partial charge in [0, 0.05) is 30.6 Å². The number of carbonyl (C=O) groups is 2. The minimum Gasteiger partial charge on any atom is -0.507 e. The van der Waals surface area contributed by atoms with E-state index < -0.39 is 18.0 Å². The van der Waals surface area contributed by atoms with E-state index in [1.807, 2.05) is 16.8 Å². The molecule has 2 heterocycles. The van der Waals surface area contributed by atoms with Gasteiger partial charge in [-0.3, -0.25) is 0 Å². The van der Waals surface area contributed by atoms with Crippen molar-refractivity contribution in [2.75, 3.05) is 7.05 Å². The number of aromatic hydroxyl groups is 1. The van der Waals surface area contributed by atoms with Crippen LogP contribution in [-0.2, 0) is 0 Å². The fourth-order valence-corrected chi connectivity index (χ4v) is 3.68. The van der Waals surface area contributed by atoms with Crippen molar-refractivity contribution in [2.24, 2.45) is 0 Å². The number of phenols is 1. The summed E-state index contributed by atoms with van der Waals surface area (Å²) in [7, 11) is 1.69. The molecule has 1 aliphatic rings. The average Bonchev–Trinajstić information content (AvgIpc) is 3.19. The molecular formula is C19H18N4O4S. The van der Waals surface area contributed by atoms with Crippen LogP contribution in [0.25, 0.3) is 5.57 Å². The van der Waals surface area contributed by atoms with E-state index in [4.69, 9.17) is 10.5 Å². The number of amides is 2. The van der Waals surface area contributed by atoms with Crippen LogP contribution in [0.3, 0.4) is 0 Å². The molecule has 0 radical (unpaired) electrons. The van der Waals surface area contributed by atoms with Gasteiger partial charge in [-0.2, -0.15) is 11.3 Å². The van der Waals surface area contributed by atoms with Gasteiger partial charge in [0.2, 0.25) is 0 Å². The van der Waals surface area contributed by atoms with Crippen molar-refractivity contribution in [2.45, 2.75) is 6.04 Å². The summed E-state index contributed by atoms with van der Waals surface area (Å²) in [5.41, 5.74) is 2.76. The Morgan fingerprint density at radius 3 is 2.71 bits per heavy atom. The number of carbonyl (C=O) groups excluding carboxylic acids is 1. The van der Waals surface area contributed by atoms with E-state index in [0.717, 1.165) is 11.8 Å². The molecule has 1 aromatic heterocycles. The Morgan fingerprint density at radius 1 is 1.36 bits per heavy atom. The molecule has 1 aliphatic heterocycles. The van der Waals surface area contributed by atoms with Gasteiger partial charge < -0.3 is 31.6 Å². The van der Waals surface area contributed by atoms with E-state index in [-0.39, 0.29) is 11.3 Å². The Bertz CT molecular complexity index is 995. The number of nitrogens with one attached hydrogen (secondary N) is 4. The number of benzene rings is 1. The van der Waals surface area contributed by atoms with Crippen molar-refractivity contribution in [3.8, 4) is 5.75 Å². The highest BCUT2D eigenvalue weighted by Gasteiger charge is 2.31. The number of carboxylic acids is 1. The monoisotopic (exact) mass is 398 g/mol. The van der Waals surface area contributed by atoms with E-state index >= 15 is 0 Å². The second-order valence-corrected chi connectivity index (χ2v) is 6.73. The predicted molar refractivity (Wildman–Crippen MR) is 107 cm³/mol. The summed E-state index contributed by atoms with van der Waals surface area (Å²) in [5, 5.41) is 39.2. The van der Waals surface area contributed by atoms with Crippen molar-refractivity contribution in [1.82, 2.24) is 16.0 Å². The lowest BCUT2D eigenvalue weighted by Gasteiger charge is -2.31. The molecule has 0 fully saturated rings. The highest BCUT2D eigenvalue weighted by Crippen LogP contribution is 2.38. The SMILES string of the molecule is CN/C=C(\C=N)C1=C(c2ccsc2)[C@@H](c2ccc(C(=O)O)c(O)c2)NC(=O)N1. The van der Waals surface area contributed by atoms with Gasteiger partial charge in [0.25, 0.3) is 0 Å². The molecule has 1 aromatic carbocycles. The van der Waals surface area contributed by atoms with Gasteiger partial charge in [0.15, 0.2) is 0 Å². The van der Waals surface area contributed by atoms with E-state index in [2.05, 4.69) is 16.0 Å². The van der Waals surface area contributed by atoms with Crippen LogP contribution in [0.2, 0.25) is 0 Å². The Labute approximate surface area is 164 Å². The molecule has 144 valence electrons. The first kappa shape index (κ1) is 19.2. The second kappa shape index (κ2) is 7.97. The summed E-state index contributed by atoms with van der Waals surface area (Å²) in [6.07, 6.45) is 2.73. The van der Waals surface area contributed by atoms with E-state index in [1.165, 1.54) is 23.5 Å². The quantitative estimate of drug-likeness (QED) is 0.416. The standard InChI is InChI=1S/C19H18N4O4S/c1-21-8-12(7-20)17-15(11-4-5-28-9-11)16(22-19(27)23-17)10-2-3-13(18(25)26)14(24)6-10/h2-9,16,20-21,24H,1H3,(H,25,26)(H2,22,23,27)/b12-8+,20-7?/t16-/m1/s1. The molecule has 2 amide bonds. The third-order valence-corrected chi connectivity index (χ3v) is 4.92. The zero-order valence-electron chi connectivity index (χ0n) is 14.8. The summed E-state index contributed by atoms with van der Waals surface area (Å²) < 4.78 is 0. The number of carboxylic acid groups (broad SMARTS) is 1. The molecule has 0 unspecified atom stereocenters. The van der Waals surface area contributed by atoms with Crippen molar-refractivity contribution in [1.29, 1.82) is 5.41 Å². The molecule has 0 bridgehead atoms. The molecule has 1 atom stereocenters. The van der Waals surface area contributed by atoms with Crippen LogP contribution in [0.1, 0.15) is 27.5 Å². The molecule has 8 nitrogen and oxygen atoms in total. The van der Waals surface area contributed by atoms with Gasteiger partial charge in [0.1, 0.15) is 11.3 Å². The summed E-state index contributed by atoms with van der Waals surface area (Å²) in [5.74, 6) is -1.63. The zero-order valence-corrected chi connectivity index (χ0v) is 15.6. The Balaban J connectivity index is 2.22. The predicted octanol–water partition coefficient (Wildman–Crippen LogP) is 2.67. The Hall–Kier alpha value is -3.59. The van der Waals surface area contributed by atoms with Gasteiger partial charge in [0.05, 0.1) is 11.7 Å². The maximum Gasteiger partial charge on any atom is 0.339 e. The number of aromatic carboxylic acids is 1. The molecule has 9 heteroatoms. The van der Waals surface area contributed by atoms with E-state index in [9.17, 15) is 14.7 Å². The van der Waals surface area contributed by atoms with Crippen LogP contribution in [0.5, 0.6) is 5.75 Å². The lowest BCUT2D eigenvalue weighted by Crippen LogP contribution is -2.44. The summed E-state index contributed by atoms with van der Waals surface area (Å²) in [6.45, 7) is 0. The summed E-state index contributed by atoms with van der Waals surface area (Å²) in [6, 6.07) is 4.95. The maximum absolute atomic E-state index is 12.3. The molecule has 3 rings (SSSR count). The third-order valence-electron chi connectivity index (χ3n) is 4.23. The topological polar surface area (TPSA) is 135 Å². The van der Waals surface area contributed by atoms with Gasteiger partial charge in [-0.1, -0.05) is 6.07 Å². The molecular weight excluding hydrogens is 380 g/mol. The lowest BCUT2D eigenvalue weighted by atomic mass is 9.89. The van der Waals surface area contributed by atoms with Crippen LogP contribution >= 0.6 is 11.3 Å². The molecule has 0 aliphatic carbocycles. The van der Waals surface area contributed by atoms with Crippen molar-refractivity contribution >= 4 is 35.1 Å². The molecule has 0 saturated heterocycles. The van der Waals surface area contributed by atoms with Crippen LogP contribution in [-0.4, -0.2) is 35.5 Å². The van der Waals surface area contributed by atoms with Crippen LogP contribution in [0.15, 0.2) is 52.5 Å². The lowest BCUT2D eigenvalue weighted by molar-refractivity contribution is 0.0693. The summed E-state index contributed by atoms with van der Waals surface area (Å²) >= 11 is 1.48. The number of allylic oxidation sites excluding steroid dienone is 1. The third kappa shape index (κ3) is 3.60. The first-order chi connectivity index (χ1) is 13.5. The highest BCUT2D eigenvalue weighted by atomic mass is 32.1. The van der Waals surface area contributed by atoms with E-state index in [1.54, 1.807) is 19.3 Å². The number of hydrogen-bond acceptors (Lipinski definition) is 6. The van der Waals surface area contributed by atoms with Gasteiger partial charge >= 0.3 is 12.0 Å². The normalized spacial score (nSPS) is 17.0. The zero-order chi connectivity index (χ0) is 20.3. The van der Waals surface area contributed by atoms with E-state index in [0.29, 0.717) is 22.4 Å². The van der Waals surface area contributed by atoms with Crippen molar-refractivity contribution < 1.29 is 19.8 Å². The van der Waals surface area contributed by atoms with Crippen molar-refractivity contribution in [3.63, 3.8) is 0 Å². The second-order valence-electron chi connectivity index (χ2n) is 5.95. The van der Waals surface area contributed by atoms with Gasteiger partial charge in [-0.05, 0) is 40.1 Å². The largest absolute Gasteiger partial charge is 0.507 e. The molecule has 2 aromatic rings. The number of thiophene rings is 1. The first-order valence-corrected chi connectivity index (χ1v) is 9.19. The average molecular weight is 398 g/mol. The van der Waals surface area contributed by atoms with Crippen molar-refractivity contribution in [3.05, 3.63) is 69.2 Å². The van der Waals surface area contributed by atoms with Gasteiger partial charge in [-0.15, -0.1) is 0 Å². The Morgan fingerprint density at radius 2 is 2.14 bits per heavy atom. The van der Waals surface area contributed by atoms with Crippen LogP contribution < -0.4 is 16.0 Å². The van der Waals surface area contributed by atoms with Crippen LogP contribution in [0.4, 0.5) is 4.79 Å². The number of rotatable bonds is 6. The first-order valence-electron chi connectivity index (χ1n) is 8.25. The summed E-state index contributed by atoms with van der Waals surface area (Å²) in [4.78, 5) is 23.5. The number of hydrogen-bond donors (Lipinski definition) is 6. The maximum atomic E-state index is 12.3. The molecule has 6 N–H and O–H groups in total. The minimum absolute atomic E-state index is 0.222. The highest BCUT2D eigenvalue weighted by molar-refractivity contribution is 7.08. The molecule has 0 saturated carbocycles. The van der Waals surface area contributed by atoms with Gasteiger partial charge in [-0.25, -0.2) is 9.59 Å². The minimum atomic E-state index is -1.24. The Kier molecular flexibility index (Phi) is 5.46. The molecule has 28 heavy (non-hydrogen) atoms. The fourth-order valence-electron chi connectivity index (χ4n) is 3.02.